The maximum atomic E-state index is 13.0. The van der Waals surface area contributed by atoms with Crippen LogP contribution in [0, 0.1) is 11.8 Å². The molecule has 1 aliphatic carbocycles. The number of benzene rings is 1. The molecule has 1 saturated carbocycles. The molecule has 1 aromatic carbocycles. The molecule has 1 aliphatic heterocycles. The monoisotopic (exact) mass is 329 g/mol. The molecule has 0 bridgehead atoms. The van der Waals surface area contributed by atoms with Crippen LogP contribution in [0.3, 0.4) is 0 Å². The first-order valence-corrected chi connectivity index (χ1v) is 9.19. The number of Topliss-reactive ketones (excluding diaryl/α,β-unsaturated/α-hetero) is 1. The Labute approximate surface area is 146 Å². The molecule has 0 aromatic heterocycles. The van der Waals surface area contributed by atoms with Crippen LogP contribution in [0.15, 0.2) is 24.3 Å². The van der Waals surface area contributed by atoms with Crippen LogP contribution in [0.2, 0.25) is 0 Å². The second-order valence-corrected chi connectivity index (χ2v) is 8.93. The Balaban J connectivity index is 1.92. The molecule has 2 fully saturated rings. The quantitative estimate of drug-likeness (QED) is 0.916. The van der Waals surface area contributed by atoms with E-state index in [9.17, 15) is 4.79 Å². The van der Waals surface area contributed by atoms with Crippen LogP contribution < -0.4 is 5.32 Å². The van der Waals surface area contributed by atoms with Gasteiger partial charge in [0.05, 0.1) is 12.1 Å². The van der Waals surface area contributed by atoms with Crippen molar-refractivity contribution in [3.8, 4) is 0 Å². The fourth-order valence-corrected chi connectivity index (χ4v) is 3.85. The molecule has 5 atom stereocenters. The lowest BCUT2D eigenvalue weighted by Gasteiger charge is -2.44. The zero-order chi connectivity index (χ0) is 17.7. The van der Waals surface area contributed by atoms with E-state index in [1.807, 2.05) is 0 Å². The van der Waals surface area contributed by atoms with Crippen LogP contribution in [0.25, 0.3) is 0 Å². The van der Waals surface area contributed by atoms with Crippen molar-refractivity contribution < 1.29 is 9.53 Å². The molecule has 24 heavy (non-hydrogen) atoms. The predicted molar refractivity (Wildman–Crippen MR) is 97.1 cm³/mol. The van der Waals surface area contributed by atoms with Crippen molar-refractivity contribution in [3.05, 3.63) is 35.4 Å². The smallest absolute Gasteiger partial charge is 0.156 e. The lowest BCUT2D eigenvalue weighted by molar-refractivity contribution is -0.153. The van der Waals surface area contributed by atoms with Crippen LogP contribution in [-0.2, 0) is 20.5 Å². The molecule has 132 valence electrons. The zero-order valence-electron chi connectivity index (χ0n) is 15.8. The maximum absolute atomic E-state index is 13.0. The largest absolute Gasteiger partial charge is 0.364 e. The second kappa shape index (κ2) is 5.96. The van der Waals surface area contributed by atoms with Crippen LogP contribution in [0.5, 0.6) is 0 Å². The summed E-state index contributed by atoms with van der Waals surface area (Å²) >= 11 is 0. The van der Waals surface area contributed by atoms with Crippen LogP contribution in [-0.4, -0.2) is 24.5 Å². The summed E-state index contributed by atoms with van der Waals surface area (Å²) in [5.74, 6) is 1.04. The average molecular weight is 329 g/mol. The Morgan fingerprint density at radius 2 is 1.79 bits per heavy atom. The molecule has 0 amide bonds. The third kappa shape index (κ3) is 3.16. The summed E-state index contributed by atoms with van der Waals surface area (Å²) in [4.78, 5) is 13.0. The molecule has 1 N–H and O–H groups in total. The Morgan fingerprint density at radius 1 is 1.21 bits per heavy atom. The Morgan fingerprint density at radius 3 is 2.29 bits per heavy atom. The van der Waals surface area contributed by atoms with E-state index < -0.39 is 5.60 Å². The Bertz CT molecular complexity index is 616. The molecule has 0 spiro atoms. The first kappa shape index (κ1) is 17.6. The molecule has 3 heteroatoms. The number of ether oxygens (including phenoxy) is 1. The summed E-state index contributed by atoms with van der Waals surface area (Å²) in [5.41, 5.74) is 1.90. The van der Waals surface area contributed by atoms with Gasteiger partial charge in [0, 0.05) is 12.5 Å². The highest BCUT2D eigenvalue weighted by molar-refractivity contribution is 5.90. The third-order valence-corrected chi connectivity index (χ3v) is 5.69. The van der Waals surface area contributed by atoms with Gasteiger partial charge < -0.3 is 10.1 Å². The van der Waals surface area contributed by atoms with Gasteiger partial charge in [0.2, 0.25) is 0 Å². The molecule has 3 rings (SSSR count). The van der Waals surface area contributed by atoms with Gasteiger partial charge in [0.25, 0.3) is 0 Å². The molecular weight excluding hydrogens is 298 g/mol. The van der Waals surface area contributed by atoms with Gasteiger partial charge in [0.1, 0.15) is 5.60 Å². The second-order valence-electron chi connectivity index (χ2n) is 8.93. The van der Waals surface area contributed by atoms with Gasteiger partial charge >= 0.3 is 0 Å². The number of carbonyl (C=O) groups is 1. The minimum Gasteiger partial charge on any atom is -0.364 e. The van der Waals surface area contributed by atoms with Crippen molar-refractivity contribution in [1.29, 1.82) is 0 Å². The highest BCUT2D eigenvalue weighted by atomic mass is 16.5. The van der Waals surface area contributed by atoms with Crippen molar-refractivity contribution in [2.45, 2.75) is 71.1 Å². The third-order valence-electron chi connectivity index (χ3n) is 5.69. The number of carbonyl (C=O) groups excluding carboxylic acids is 1. The van der Waals surface area contributed by atoms with E-state index >= 15 is 0 Å². The van der Waals surface area contributed by atoms with E-state index in [-0.39, 0.29) is 23.5 Å². The molecule has 1 aromatic rings. The lowest BCUT2D eigenvalue weighted by atomic mass is 9.80. The number of nitrogens with one attached hydrogen (secondary N) is 1. The first-order chi connectivity index (χ1) is 11.1. The molecule has 2 aliphatic rings. The zero-order valence-corrected chi connectivity index (χ0v) is 15.8. The van der Waals surface area contributed by atoms with Gasteiger partial charge in [-0.25, -0.2) is 0 Å². The van der Waals surface area contributed by atoms with E-state index in [2.05, 4.69) is 71.1 Å². The summed E-state index contributed by atoms with van der Waals surface area (Å²) in [5, 5.41) is 3.47. The SMILES string of the molecule is CC1CNC(C(=O)C2CC2C)C(C)(c2ccc(C(C)(C)C)cc2)O1. The van der Waals surface area contributed by atoms with Crippen LogP contribution in [0.1, 0.15) is 59.1 Å². The van der Waals surface area contributed by atoms with Gasteiger partial charge in [-0.1, -0.05) is 52.0 Å². The summed E-state index contributed by atoms with van der Waals surface area (Å²) in [6.07, 6.45) is 1.11. The standard InChI is InChI=1S/C21H31NO2/c1-13-11-17(13)18(23)19-21(6,24-14(2)12-22-19)16-9-7-15(8-10-16)20(3,4)5/h7-10,13-14,17,19,22H,11-12H2,1-6H3. The van der Waals surface area contributed by atoms with Gasteiger partial charge in [-0.15, -0.1) is 0 Å². The van der Waals surface area contributed by atoms with E-state index in [0.29, 0.717) is 11.7 Å². The molecule has 3 nitrogen and oxygen atoms in total. The first-order valence-electron chi connectivity index (χ1n) is 9.19. The molecule has 5 unspecified atom stereocenters. The topological polar surface area (TPSA) is 38.3 Å². The highest BCUT2D eigenvalue weighted by Crippen LogP contribution is 2.43. The van der Waals surface area contributed by atoms with Crippen LogP contribution >= 0.6 is 0 Å². The minimum atomic E-state index is -0.604. The summed E-state index contributed by atoms with van der Waals surface area (Å²) in [7, 11) is 0. The number of morpholine rings is 1. The lowest BCUT2D eigenvalue weighted by Crippen LogP contribution is -2.61. The Hall–Kier alpha value is -1.19. The average Bonchev–Trinajstić information content (AvgIpc) is 3.23. The van der Waals surface area contributed by atoms with Crippen molar-refractivity contribution in [3.63, 3.8) is 0 Å². The van der Waals surface area contributed by atoms with Crippen molar-refractivity contribution in [1.82, 2.24) is 5.32 Å². The van der Waals surface area contributed by atoms with Crippen molar-refractivity contribution >= 4 is 5.78 Å². The fourth-order valence-electron chi connectivity index (χ4n) is 3.85. The summed E-state index contributed by atoms with van der Waals surface area (Å²) in [6.45, 7) is 13.7. The fraction of sp³-hybridized carbons (Fsp3) is 0.667. The van der Waals surface area contributed by atoms with E-state index in [1.54, 1.807) is 0 Å². The maximum Gasteiger partial charge on any atom is 0.156 e. The van der Waals surface area contributed by atoms with Crippen molar-refractivity contribution in [2.24, 2.45) is 11.8 Å². The van der Waals surface area contributed by atoms with Gasteiger partial charge in [0.15, 0.2) is 5.78 Å². The Kier molecular flexibility index (Phi) is 4.38. The molecular formula is C21H31NO2. The van der Waals surface area contributed by atoms with E-state index in [1.165, 1.54) is 5.56 Å². The number of rotatable bonds is 3. The van der Waals surface area contributed by atoms with Crippen LogP contribution in [0.4, 0.5) is 0 Å². The number of ketones is 1. The number of hydrogen-bond acceptors (Lipinski definition) is 3. The molecule has 0 radical (unpaired) electrons. The molecule has 1 saturated heterocycles. The van der Waals surface area contributed by atoms with Gasteiger partial charge in [-0.3, -0.25) is 4.79 Å². The predicted octanol–water partition coefficient (Wildman–Crippen LogP) is 3.80. The van der Waals surface area contributed by atoms with Gasteiger partial charge in [-0.05, 0) is 42.7 Å². The molecule has 1 heterocycles. The summed E-state index contributed by atoms with van der Waals surface area (Å²) in [6, 6.07) is 8.35. The van der Waals surface area contributed by atoms with E-state index in [4.69, 9.17) is 4.74 Å². The minimum absolute atomic E-state index is 0.0953. The highest BCUT2D eigenvalue weighted by Gasteiger charge is 2.51. The normalized spacial score (nSPS) is 36.4. The number of hydrogen-bond donors (Lipinski definition) is 1. The van der Waals surface area contributed by atoms with E-state index in [0.717, 1.165) is 18.5 Å². The van der Waals surface area contributed by atoms with Crippen molar-refractivity contribution in [2.75, 3.05) is 6.54 Å². The summed E-state index contributed by atoms with van der Waals surface area (Å²) < 4.78 is 6.35. The van der Waals surface area contributed by atoms with Gasteiger partial charge in [-0.2, -0.15) is 0 Å².